The molecule has 6 nitrogen and oxygen atoms in total. The van der Waals surface area contributed by atoms with Gasteiger partial charge in [-0.15, -0.1) is 0 Å². The zero-order chi connectivity index (χ0) is 21.5. The molecule has 2 aromatic carbocycles. The molecule has 2 aromatic rings. The number of guanidine groups is 1. The van der Waals surface area contributed by atoms with E-state index >= 15 is 0 Å². The molecule has 0 saturated heterocycles. The fraction of sp³-hybridized carbons (Fsp3) is 0.316. The third-order valence-electron chi connectivity index (χ3n) is 3.88. The monoisotopic (exact) mass is 429 g/mol. The molecule has 0 atom stereocenters. The van der Waals surface area contributed by atoms with Crippen LogP contribution >= 0.6 is 0 Å². The molecule has 0 spiro atoms. The zero-order valence-electron chi connectivity index (χ0n) is 16.0. The Morgan fingerprint density at radius 1 is 1.03 bits per heavy atom. The number of aliphatic imine (C=N–C) groups is 1. The topological polar surface area (TPSA) is 79.8 Å². The SMILES string of the molecule is CN=C(NCCOc1ccc(S(C)(=O)=O)cc1)NCc1ccc(C(F)(F)F)cc1. The maximum atomic E-state index is 12.6. The Labute approximate surface area is 167 Å². The fourth-order valence-electron chi connectivity index (χ4n) is 2.34. The van der Waals surface area contributed by atoms with Crippen molar-refractivity contribution >= 4 is 15.8 Å². The number of sulfone groups is 1. The molecule has 2 rings (SSSR count). The van der Waals surface area contributed by atoms with Crippen LogP contribution in [-0.4, -0.2) is 40.8 Å². The van der Waals surface area contributed by atoms with E-state index in [-0.39, 0.29) is 4.90 Å². The van der Waals surface area contributed by atoms with Crippen LogP contribution in [0.25, 0.3) is 0 Å². The molecule has 0 aliphatic rings. The van der Waals surface area contributed by atoms with Gasteiger partial charge < -0.3 is 15.4 Å². The minimum absolute atomic E-state index is 0.218. The summed E-state index contributed by atoms with van der Waals surface area (Å²) in [5.74, 6) is 1.01. The Morgan fingerprint density at radius 3 is 2.17 bits per heavy atom. The van der Waals surface area contributed by atoms with E-state index in [9.17, 15) is 21.6 Å². The van der Waals surface area contributed by atoms with Crippen molar-refractivity contribution in [2.75, 3.05) is 26.5 Å². The highest BCUT2D eigenvalue weighted by Crippen LogP contribution is 2.29. The molecule has 2 N–H and O–H groups in total. The first-order valence-corrected chi connectivity index (χ1v) is 10.5. The van der Waals surface area contributed by atoms with Crippen LogP contribution in [0.4, 0.5) is 13.2 Å². The smallest absolute Gasteiger partial charge is 0.416 e. The Balaban J connectivity index is 1.75. The van der Waals surface area contributed by atoms with Crippen molar-refractivity contribution in [1.82, 2.24) is 10.6 Å². The predicted molar refractivity (Wildman–Crippen MR) is 105 cm³/mol. The van der Waals surface area contributed by atoms with Crippen LogP contribution in [0.1, 0.15) is 11.1 Å². The van der Waals surface area contributed by atoms with Crippen molar-refractivity contribution in [2.24, 2.45) is 4.99 Å². The molecule has 0 fully saturated rings. The summed E-state index contributed by atoms with van der Waals surface area (Å²) in [6.07, 6.45) is -3.22. The molecule has 0 saturated carbocycles. The van der Waals surface area contributed by atoms with E-state index in [2.05, 4.69) is 15.6 Å². The molecule has 0 aliphatic heterocycles. The van der Waals surface area contributed by atoms with E-state index < -0.39 is 21.6 Å². The van der Waals surface area contributed by atoms with E-state index in [1.165, 1.54) is 24.3 Å². The first-order valence-electron chi connectivity index (χ1n) is 8.63. The van der Waals surface area contributed by atoms with Crippen LogP contribution in [0.3, 0.4) is 0 Å². The highest BCUT2D eigenvalue weighted by Gasteiger charge is 2.29. The lowest BCUT2D eigenvalue weighted by Gasteiger charge is -2.13. The van der Waals surface area contributed by atoms with E-state index in [0.717, 1.165) is 18.4 Å². The Morgan fingerprint density at radius 2 is 1.66 bits per heavy atom. The maximum absolute atomic E-state index is 12.6. The number of halogens is 3. The van der Waals surface area contributed by atoms with Gasteiger partial charge in [0.2, 0.25) is 0 Å². The van der Waals surface area contributed by atoms with Gasteiger partial charge in [0.05, 0.1) is 17.0 Å². The van der Waals surface area contributed by atoms with Gasteiger partial charge in [-0.25, -0.2) is 8.42 Å². The van der Waals surface area contributed by atoms with Crippen LogP contribution in [0, 0.1) is 0 Å². The van der Waals surface area contributed by atoms with Crippen LogP contribution in [0.15, 0.2) is 58.4 Å². The third-order valence-corrected chi connectivity index (χ3v) is 5.01. The number of nitrogens with zero attached hydrogens (tertiary/aromatic N) is 1. The molecule has 0 radical (unpaired) electrons. The Hall–Kier alpha value is -2.75. The van der Waals surface area contributed by atoms with E-state index in [1.807, 2.05) is 0 Å². The van der Waals surface area contributed by atoms with Crippen molar-refractivity contribution in [2.45, 2.75) is 17.6 Å². The number of benzene rings is 2. The molecule has 0 aromatic heterocycles. The van der Waals surface area contributed by atoms with E-state index in [1.54, 1.807) is 19.2 Å². The summed E-state index contributed by atoms with van der Waals surface area (Å²) in [4.78, 5) is 4.25. The molecule has 0 aliphatic carbocycles. The normalized spacial score (nSPS) is 12.5. The summed E-state index contributed by atoms with van der Waals surface area (Å²) in [7, 11) is -1.67. The van der Waals surface area contributed by atoms with E-state index in [0.29, 0.717) is 37.0 Å². The number of rotatable bonds is 7. The highest BCUT2D eigenvalue weighted by molar-refractivity contribution is 7.90. The van der Waals surface area contributed by atoms with Crippen LogP contribution in [0.5, 0.6) is 5.75 Å². The second-order valence-corrected chi connectivity index (χ2v) is 8.15. The molecular formula is C19H22F3N3O3S. The van der Waals surface area contributed by atoms with Gasteiger partial charge in [0.15, 0.2) is 15.8 Å². The number of ether oxygens (including phenoxy) is 1. The predicted octanol–water partition coefficient (Wildman–Crippen LogP) is 2.85. The molecular weight excluding hydrogens is 407 g/mol. The molecule has 0 unspecified atom stereocenters. The average Bonchev–Trinajstić information content (AvgIpc) is 2.67. The van der Waals surface area contributed by atoms with Crippen molar-refractivity contribution < 1.29 is 26.3 Å². The first kappa shape index (κ1) is 22.5. The second-order valence-electron chi connectivity index (χ2n) is 6.14. The number of alkyl halides is 3. The lowest BCUT2D eigenvalue weighted by atomic mass is 10.1. The first-order chi connectivity index (χ1) is 13.6. The molecule has 0 heterocycles. The fourth-order valence-corrected chi connectivity index (χ4v) is 2.97. The summed E-state index contributed by atoms with van der Waals surface area (Å²) in [5, 5.41) is 6.02. The van der Waals surface area contributed by atoms with Gasteiger partial charge >= 0.3 is 6.18 Å². The Bertz CT molecular complexity index is 926. The summed E-state index contributed by atoms with van der Waals surface area (Å²) in [6.45, 7) is 1.03. The number of nitrogens with one attached hydrogen (secondary N) is 2. The van der Waals surface area contributed by atoms with Gasteiger partial charge in [0, 0.05) is 19.8 Å². The molecule has 0 amide bonds. The minimum atomic E-state index is -4.35. The molecule has 29 heavy (non-hydrogen) atoms. The quantitative estimate of drug-likeness (QED) is 0.402. The Kier molecular flexibility index (Phi) is 7.49. The van der Waals surface area contributed by atoms with Gasteiger partial charge in [0.25, 0.3) is 0 Å². The lowest BCUT2D eigenvalue weighted by molar-refractivity contribution is -0.137. The molecule has 158 valence electrons. The number of hydrogen-bond donors (Lipinski definition) is 2. The van der Waals surface area contributed by atoms with Gasteiger partial charge in [-0.3, -0.25) is 4.99 Å². The summed E-state index contributed by atoms with van der Waals surface area (Å²) in [5.41, 5.74) is -0.00589. The summed E-state index contributed by atoms with van der Waals surface area (Å²) >= 11 is 0. The summed E-state index contributed by atoms with van der Waals surface area (Å²) < 4.78 is 66.1. The van der Waals surface area contributed by atoms with Crippen molar-refractivity contribution in [3.05, 3.63) is 59.7 Å². The lowest BCUT2D eigenvalue weighted by Crippen LogP contribution is -2.38. The highest BCUT2D eigenvalue weighted by atomic mass is 32.2. The van der Waals surface area contributed by atoms with Crippen LogP contribution < -0.4 is 15.4 Å². The van der Waals surface area contributed by atoms with Gasteiger partial charge in [-0.2, -0.15) is 13.2 Å². The maximum Gasteiger partial charge on any atom is 0.416 e. The van der Waals surface area contributed by atoms with E-state index in [4.69, 9.17) is 4.74 Å². The second kappa shape index (κ2) is 9.64. The van der Waals surface area contributed by atoms with Crippen molar-refractivity contribution in [1.29, 1.82) is 0 Å². The van der Waals surface area contributed by atoms with Gasteiger partial charge in [-0.05, 0) is 42.0 Å². The third kappa shape index (κ3) is 7.30. The van der Waals surface area contributed by atoms with Crippen LogP contribution in [0.2, 0.25) is 0 Å². The van der Waals surface area contributed by atoms with Crippen molar-refractivity contribution in [3.63, 3.8) is 0 Å². The molecule has 0 bridgehead atoms. The minimum Gasteiger partial charge on any atom is -0.492 e. The molecule has 10 heteroatoms. The van der Waals surface area contributed by atoms with Gasteiger partial charge in [-0.1, -0.05) is 12.1 Å². The largest absolute Gasteiger partial charge is 0.492 e. The standard InChI is InChI=1S/C19H22F3N3O3S/c1-23-18(25-13-14-3-5-15(6-4-14)19(20,21)22)24-11-12-28-16-7-9-17(10-8-16)29(2,26)27/h3-10H,11-13H2,1-2H3,(H2,23,24,25). The van der Waals surface area contributed by atoms with Crippen molar-refractivity contribution in [3.8, 4) is 5.75 Å². The van der Waals surface area contributed by atoms with Gasteiger partial charge in [0.1, 0.15) is 12.4 Å². The number of hydrogen-bond acceptors (Lipinski definition) is 4. The van der Waals surface area contributed by atoms with Crippen LogP contribution in [-0.2, 0) is 22.6 Å². The zero-order valence-corrected chi connectivity index (χ0v) is 16.8. The average molecular weight is 429 g/mol. The summed E-state index contributed by atoms with van der Waals surface area (Å²) in [6, 6.07) is 11.0.